The summed E-state index contributed by atoms with van der Waals surface area (Å²) in [4.78, 5) is 20.8. The highest BCUT2D eigenvalue weighted by Crippen LogP contribution is 2.23. The average molecular weight is 363 g/mol. The fraction of sp³-hybridized carbons (Fsp3) is 0.312. The van der Waals surface area contributed by atoms with Crippen LogP contribution >= 0.6 is 23.1 Å². The summed E-state index contributed by atoms with van der Waals surface area (Å²) in [7, 11) is 1.60. The number of methoxy groups -OCH3 is 1. The zero-order chi connectivity index (χ0) is 16.9. The first kappa shape index (κ1) is 16.8. The molecule has 3 aromatic rings. The SMILES string of the molecule is CCSc1nc(CC(=O)NCc2nc3cc(OC)ccc3o2)cs1. The minimum atomic E-state index is -0.104. The van der Waals surface area contributed by atoms with Crippen LogP contribution in [0.1, 0.15) is 18.5 Å². The molecule has 0 saturated carbocycles. The number of oxazole rings is 1. The number of rotatable bonds is 7. The molecule has 0 aliphatic rings. The Balaban J connectivity index is 1.57. The number of amides is 1. The van der Waals surface area contributed by atoms with E-state index < -0.39 is 0 Å². The summed E-state index contributed by atoms with van der Waals surface area (Å²) in [6, 6.07) is 5.41. The van der Waals surface area contributed by atoms with E-state index in [4.69, 9.17) is 9.15 Å². The minimum Gasteiger partial charge on any atom is -0.497 e. The largest absolute Gasteiger partial charge is 0.497 e. The third kappa shape index (κ3) is 4.07. The third-order valence-electron chi connectivity index (χ3n) is 3.22. The highest BCUT2D eigenvalue weighted by atomic mass is 32.2. The van der Waals surface area contributed by atoms with Crippen molar-refractivity contribution in [2.24, 2.45) is 0 Å². The molecule has 1 N–H and O–H groups in total. The maximum atomic E-state index is 12.0. The molecule has 0 atom stereocenters. The number of benzene rings is 1. The van der Waals surface area contributed by atoms with Crippen LogP contribution in [0.15, 0.2) is 32.3 Å². The van der Waals surface area contributed by atoms with Crippen LogP contribution in [0.2, 0.25) is 0 Å². The van der Waals surface area contributed by atoms with Crippen LogP contribution in [0.3, 0.4) is 0 Å². The molecule has 126 valence electrons. The molecule has 0 spiro atoms. The number of thiazole rings is 1. The molecule has 3 rings (SSSR count). The first-order chi connectivity index (χ1) is 11.7. The smallest absolute Gasteiger partial charge is 0.226 e. The van der Waals surface area contributed by atoms with Crippen molar-refractivity contribution in [2.45, 2.75) is 24.2 Å². The Morgan fingerprint density at radius 3 is 3.08 bits per heavy atom. The van der Waals surface area contributed by atoms with Crippen molar-refractivity contribution in [3.05, 3.63) is 35.2 Å². The van der Waals surface area contributed by atoms with Gasteiger partial charge in [0.25, 0.3) is 0 Å². The lowest BCUT2D eigenvalue weighted by Crippen LogP contribution is -2.24. The number of hydrogen-bond donors (Lipinski definition) is 1. The van der Waals surface area contributed by atoms with Crippen LogP contribution in [0, 0.1) is 0 Å². The van der Waals surface area contributed by atoms with E-state index in [0.29, 0.717) is 17.0 Å². The monoisotopic (exact) mass is 363 g/mol. The molecule has 1 aromatic carbocycles. The Kier molecular flexibility index (Phi) is 5.37. The van der Waals surface area contributed by atoms with E-state index in [0.717, 1.165) is 21.5 Å². The van der Waals surface area contributed by atoms with Crippen molar-refractivity contribution in [2.75, 3.05) is 12.9 Å². The zero-order valence-corrected chi connectivity index (χ0v) is 15.0. The van der Waals surface area contributed by atoms with Crippen LogP contribution in [-0.4, -0.2) is 28.7 Å². The number of thioether (sulfide) groups is 1. The van der Waals surface area contributed by atoms with Gasteiger partial charge < -0.3 is 14.5 Å². The van der Waals surface area contributed by atoms with E-state index in [1.54, 1.807) is 42.3 Å². The highest BCUT2D eigenvalue weighted by molar-refractivity contribution is 8.00. The van der Waals surface area contributed by atoms with Crippen molar-refractivity contribution < 1.29 is 13.9 Å². The van der Waals surface area contributed by atoms with E-state index in [9.17, 15) is 4.79 Å². The Bertz CT molecular complexity index is 844. The van der Waals surface area contributed by atoms with Crippen LogP contribution in [-0.2, 0) is 17.8 Å². The Labute approximate surface area is 147 Å². The second-order valence-corrected chi connectivity index (χ2v) is 7.30. The first-order valence-corrected chi connectivity index (χ1v) is 9.32. The molecular formula is C16H17N3O3S2. The fourth-order valence-corrected chi connectivity index (χ4v) is 3.86. The summed E-state index contributed by atoms with van der Waals surface area (Å²) in [5, 5.41) is 4.73. The third-order valence-corrected chi connectivity index (χ3v) is 5.17. The number of nitrogens with one attached hydrogen (secondary N) is 1. The van der Waals surface area contributed by atoms with E-state index in [-0.39, 0.29) is 18.9 Å². The van der Waals surface area contributed by atoms with Gasteiger partial charge in [0.15, 0.2) is 5.58 Å². The summed E-state index contributed by atoms with van der Waals surface area (Å²) in [5.74, 6) is 2.05. The minimum absolute atomic E-state index is 0.104. The fourth-order valence-electron chi connectivity index (χ4n) is 2.12. The lowest BCUT2D eigenvalue weighted by Gasteiger charge is -2.00. The topological polar surface area (TPSA) is 77.2 Å². The van der Waals surface area contributed by atoms with E-state index in [1.807, 2.05) is 11.4 Å². The van der Waals surface area contributed by atoms with Gasteiger partial charge in [0.05, 0.1) is 25.8 Å². The normalized spacial score (nSPS) is 10.9. The van der Waals surface area contributed by atoms with Gasteiger partial charge in [-0.25, -0.2) is 9.97 Å². The first-order valence-electron chi connectivity index (χ1n) is 7.45. The predicted molar refractivity (Wildman–Crippen MR) is 94.6 cm³/mol. The van der Waals surface area contributed by atoms with Crippen molar-refractivity contribution in [1.29, 1.82) is 0 Å². The Morgan fingerprint density at radius 1 is 1.42 bits per heavy atom. The molecule has 0 aliphatic heterocycles. The standard InChI is InChI=1S/C16H17N3O3S2/c1-3-23-16-18-10(9-24-16)6-14(20)17-8-15-19-12-7-11(21-2)4-5-13(12)22-15/h4-5,7,9H,3,6,8H2,1-2H3,(H,17,20). The van der Waals surface area contributed by atoms with Gasteiger partial charge >= 0.3 is 0 Å². The number of carbonyl (C=O) groups is 1. The molecule has 0 aliphatic carbocycles. The summed E-state index contributed by atoms with van der Waals surface area (Å²) >= 11 is 3.25. The van der Waals surface area contributed by atoms with Crippen molar-refractivity contribution >= 4 is 40.1 Å². The second-order valence-electron chi connectivity index (χ2n) is 4.93. The summed E-state index contributed by atoms with van der Waals surface area (Å²) in [6.45, 7) is 2.32. The molecule has 6 nitrogen and oxygen atoms in total. The zero-order valence-electron chi connectivity index (χ0n) is 13.4. The molecule has 8 heteroatoms. The highest BCUT2D eigenvalue weighted by Gasteiger charge is 2.11. The van der Waals surface area contributed by atoms with Gasteiger partial charge in [0.2, 0.25) is 11.8 Å². The average Bonchev–Trinajstić information content (AvgIpc) is 3.18. The van der Waals surface area contributed by atoms with Gasteiger partial charge in [-0.15, -0.1) is 11.3 Å². The lowest BCUT2D eigenvalue weighted by atomic mass is 10.3. The van der Waals surface area contributed by atoms with Crippen molar-refractivity contribution in [3.63, 3.8) is 0 Å². The van der Waals surface area contributed by atoms with Gasteiger partial charge in [-0.3, -0.25) is 4.79 Å². The van der Waals surface area contributed by atoms with Gasteiger partial charge in [-0.2, -0.15) is 0 Å². The molecule has 0 fully saturated rings. The number of aromatic nitrogens is 2. The molecule has 2 heterocycles. The summed E-state index contributed by atoms with van der Waals surface area (Å²) in [6.07, 6.45) is 0.259. The number of fused-ring (bicyclic) bond motifs is 1. The predicted octanol–water partition coefficient (Wildman–Crippen LogP) is 3.26. The molecular weight excluding hydrogens is 346 g/mol. The van der Waals surface area contributed by atoms with E-state index in [1.165, 1.54) is 0 Å². The number of nitrogens with zero attached hydrogens (tertiary/aromatic N) is 2. The van der Waals surface area contributed by atoms with Crippen molar-refractivity contribution in [1.82, 2.24) is 15.3 Å². The molecule has 0 saturated heterocycles. The molecule has 0 bridgehead atoms. The molecule has 24 heavy (non-hydrogen) atoms. The van der Waals surface area contributed by atoms with Crippen LogP contribution in [0.4, 0.5) is 0 Å². The molecule has 0 radical (unpaired) electrons. The maximum absolute atomic E-state index is 12.0. The number of ether oxygens (including phenoxy) is 1. The second kappa shape index (κ2) is 7.67. The van der Waals surface area contributed by atoms with Crippen LogP contribution < -0.4 is 10.1 Å². The number of hydrogen-bond acceptors (Lipinski definition) is 7. The van der Waals surface area contributed by atoms with Gasteiger partial charge in [-0.1, -0.05) is 18.7 Å². The van der Waals surface area contributed by atoms with Gasteiger partial charge in [0.1, 0.15) is 15.6 Å². The Hall–Kier alpha value is -2.06. The lowest BCUT2D eigenvalue weighted by molar-refractivity contribution is -0.120. The van der Waals surface area contributed by atoms with Crippen molar-refractivity contribution in [3.8, 4) is 5.75 Å². The van der Waals surface area contributed by atoms with Crippen LogP contribution in [0.25, 0.3) is 11.1 Å². The number of carbonyl (C=O) groups excluding carboxylic acids is 1. The maximum Gasteiger partial charge on any atom is 0.226 e. The summed E-state index contributed by atoms with van der Waals surface area (Å²) < 4.78 is 11.8. The van der Waals surface area contributed by atoms with Crippen LogP contribution in [0.5, 0.6) is 5.75 Å². The quantitative estimate of drug-likeness (QED) is 0.649. The molecule has 2 aromatic heterocycles. The summed E-state index contributed by atoms with van der Waals surface area (Å²) in [5.41, 5.74) is 2.16. The molecule has 0 unspecified atom stereocenters. The van der Waals surface area contributed by atoms with Gasteiger partial charge in [0, 0.05) is 11.4 Å². The molecule has 1 amide bonds. The van der Waals surface area contributed by atoms with E-state index >= 15 is 0 Å². The Morgan fingerprint density at radius 2 is 2.29 bits per heavy atom. The van der Waals surface area contributed by atoms with E-state index in [2.05, 4.69) is 22.2 Å². The van der Waals surface area contributed by atoms with Gasteiger partial charge in [-0.05, 0) is 17.9 Å².